The number of aromatic nitrogens is 2. The third-order valence-corrected chi connectivity index (χ3v) is 5.91. The van der Waals surface area contributed by atoms with Crippen molar-refractivity contribution < 1.29 is 27.5 Å². The van der Waals surface area contributed by atoms with Gasteiger partial charge in [0.1, 0.15) is 17.7 Å². The number of carbonyl (C=O) groups is 2. The lowest BCUT2D eigenvalue weighted by atomic mass is 9.91. The Morgan fingerprint density at radius 2 is 1.88 bits per heavy atom. The Kier molecular flexibility index (Phi) is 5.70. The Labute approximate surface area is 193 Å². The topological polar surface area (TPSA) is 110 Å². The summed E-state index contributed by atoms with van der Waals surface area (Å²) in [6.45, 7) is 2.50. The largest absolute Gasteiger partial charge is 0.424 e. The van der Waals surface area contributed by atoms with E-state index >= 15 is 4.39 Å². The second-order valence-corrected chi connectivity index (χ2v) is 8.26. The van der Waals surface area contributed by atoms with Crippen molar-refractivity contribution in [3.63, 3.8) is 0 Å². The number of nitrogens with one attached hydrogen (secondary N) is 2. The van der Waals surface area contributed by atoms with E-state index in [9.17, 15) is 14.0 Å². The first-order chi connectivity index (χ1) is 16.4. The van der Waals surface area contributed by atoms with Gasteiger partial charge in [-0.25, -0.2) is 13.6 Å². The number of benzene rings is 2. The number of hydrogen-bond donors (Lipinski definition) is 2. The molecule has 1 fully saturated rings. The summed E-state index contributed by atoms with van der Waals surface area (Å²) in [6, 6.07) is 6.60. The average molecular weight is 469 g/mol. The molecule has 3 heterocycles. The summed E-state index contributed by atoms with van der Waals surface area (Å²) in [4.78, 5) is 27.4. The van der Waals surface area contributed by atoms with Crippen molar-refractivity contribution in [2.45, 2.75) is 38.6 Å². The molecule has 5 rings (SSSR count). The van der Waals surface area contributed by atoms with Crippen LogP contribution in [0.5, 0.6) is 0 Å². The van der Waals surface area contributed by atoms with Crippen molar-refractivity contribution in [3.05, 3.63) is 76.5 Å². The van der Waals surface area contributed by atoms with Gasteiger partial charge >= 0.3 is 6.03 Å². The lowest BCUT2D eigenvalue weighted by Crippen LogP contribution is -2.45. The molecule has 0 aliphatic carbocycles. The third-order valence-electron chi connectivity index (χ3n) is 5.91. The Morgan fingerprint density at radius 1 is 1.15 bits per heavy atom. The zero-order valence-corrected chi connectivity index (χ0v) is 18.2. The quantitative estimate of drug-likeness (QED) is 0.595. The van der Waals surface area contributed by atoms with Crippen molar-refractivity contribution in [1.82, 2.24) is 20.4 Å². The summed E-state index contributed by atoms with van der Waals surface area (Å²) < 4.78 is 39.0. The van der Waals surface area contributed by atoms with E-state index in [0.717, 1.165) is 11.1 Å². The summed E-state index contributed by atoms with van der Waals surface area (Å²) in [5, 5.41) is 12.9. The fraction of sp³-hybridized carbons (Fsp3) is 0.304. The van der Waals surface area contributed by atoms with Gasteiger partial charge in [-0.3, -0.25) is 4.79 Å². The van der Waals surface area contributed by atoms with Crippen molar-refractivity contribution in [3.8, 4) is 0 Å². The smallest absolute Gasteiger partial charge is 0.319 e. The van der Waals surface area contributed by atoms with Gasteiger partial charge < -0.3 is 24.7 Å². The van der Waals surface area contributed by atoms with E-state index < -0.39 is 35.5 Å². The molecule has 2 N–H and O–H groups in total. The minimum absolute atomic E-state index is 0.0314. The zero-order chi connectivity index (χ0) is 23.8. The van der Waals surface area contributed by atoms with E-state index in [4.69, 9.17) is 9.15 Å². The number of ether oxygens (including phenoxy) is 1. The van der Waals surface area contributed by atoms with Gasteiger partial charge in [-0.1, -0.05) is 0 Å². The number of amides is 3. The molecule has 0 spiro atoms. The van der Waals surface area contributed by atoms with Crippen molar-refractivity contribution in [1.29, 1.82) is 0 Å². The first-order valence-electron chi connectivity index (χ1n) is 10.7. The molecular weight excluding hydrogens is 448 g/mol. The van der Waals surface area contributed by atoms with Gasteiger partial charge in [0.25, 0.3) is 0 Å². The fourth-order valence-electron chi connectivity index (χ4n) is 4.29. The van der Waals surface area contributed by atoms with Crippen LogP contribution in [0, 0.1) is 18.6 Å². The lowest BCUT2D eigenvalue weighted by molar-refractivity contribution is -0.130. The number of anilines is 1. The number of likely N-dealkylation sites (tertiary alicyclic amines) is 1. The molecule has 0 saturated carbocycles. The van der Waals surface area contributed by atoms with Crippen LogP contribution >= 0.6 is 0 Å². The highest BCUT2D eigenvalue weighted by atomic mass is 19.1. The maximum atomic E-state index is 15.1. The van der Waals surface area contributed by atoms with Crippen LogP contribution in [0.15, 0.2) is 40.8 Å². The molecule has 0 radical (unpaired) electrons. The summed E-state index contributed by atoms with van der Waals surface area (Å²) in [5.74, 6) is -1.39. The predicted molar refractivity (Wildman–Crippen MR) is 114 cm³/mol. The van der Waals surface area contributed by atoms with Gasteiger partial charge in [-0.15, -0.1) is 10.2 Å². The maximum absolute atomic E-state index is 15.1. The summed E-state index contributed by atoms with van der Waals surface area (Å²) >= 11 is 0. The number of rotatable bonds is 5. The molecule has 34 heavy (non-hydrogen) atoms. The molecule has 2 aliphatic heterocycles. The van der Waals surface area contributed by atoms with Crippen LogP contribution in [0.2, 0.25) is 0 Å². The number of fused-ring (bicyclic) bond motifs is 1. The second kappa shape index (κ2) is 8.82. The van der Waals surface area contributed by atoms with E-state index in [0.29, 0.717) is 30.4 Å². The molecule has 11 heteroatoms. The average Bonchev–Trinajstić information content (AvgIpc) is 3.50. The molecule has 0 bridgehead atoms. The minimum atomic E-state index is -1.04. The van der Waals surface area contributed by atoms with Crippen molar-refractivity contribution >= 4 is 17.6 Å². The van der Waals surface area contributed by atoms with E-state index in [-0.39, 0.29) is 19.0 Å². The number of carbonyl (C=O) groups excluding carboxylic acids is 2. The first kappa shape index (κ1) is 22.0. The number of nitrogens with zero attached hydrogens (tertiary/aromatic N) is 3. The van der Waals surface area contributed by atoms with Crippen LogP contribution in [0.3, 0.4) is 0 Å². The highest BCUT2D eigenvalue weighted by Gasteiger charge is 2.44. The van der Waals surface area contributed by atoms with Gasteiger partial charge in [0.15, 0.2) is 0 Å². The molecule has 176 valence electrons. The number of hydrogen-bond acceptors (Lipinski definition) is 6. The number of aryl methyl sites for hydroxylation is 1. The Hall–Kier alpha value is -3.86. The molecule has 9 nitrogen and oxygen atoms in total. The van der Waals surface area contributed by atoms with E-state index in [1.165, 1.54) is 35.2 Å². The molecule has 2 atom stereocenters. The Balaban J connectivity index is 1.41. The standard InChI is InChI=1S/C23H21F2N5O4/c1-12-28-29-20(34-12)9-30-8-18(17-6-13-10-33-11-14(13)7-19(17)25)21(22(30)31)27-23(32)26-16-4-2-15(24)3-5-16/h2-7,18,21H,8-11H2,1H3,(H2,26,27,32)/t18-,21-/m0/s1. The van der Waals surface area contributed by atoms with Crippen LogP contribution in [-0.2, 0) is 29.3 Å². The summed E-state index contributed by atoms with van der Waals surface area (Å²) in [7, 11) is 0. The molecule has 0 unspecified atom stereocenters. The SMILES string of the molecule is Cc1nnc(CN2C[C@@H](c3cc4c(cc3F)COC4)[C@H](NC(=O)Nc3ccc(F)cc3)C2=O)o1. The molecule has 1 saturated heterocycles. The van der Waals surface area contributed by atoms with Crippen LogP contribution in [-0.4, -0.2) is 39.6 Å². The molecule has 2 aliphatic rings. The molecule has 2 aromatic carbocycles. The van der Waals surface area contributed by atoms with Crippen molar-refractivity contribution in [2.75, 3.05) is 11.9 Å². The maximum Gasteiger partial charge on any atom is 0.319 e. The monoisotopic (exact) mass is 469 g/mol. The van der Waals surface area contributed by atoms with Gasteiger partial charge in [-0.2, -0.15) is 0 Å². The van der Waals surface area contributed by atoms with Crippen LogP contribution in [0.25, 0.3) is 0 Å². The normalized spacial score (nSPS) is 19.4. The fourth-order valence-corrected chi connectivity index (χ4v) is 4.29. The minimum Gasteiger partial charge on any atom is -0.424 e. The van der Waals surface area contributed by atoms with Gasteiger partial charge in [0.05, 0.1) is 19.8 Å². The van der Waals surface area contributed by atoms with Gasteiger partial charge in [0, 0.05) is 25.1 Å². The molecule has 1 aromatic heterocycles. The molecular formula is C23H21F2N5O4. The second-order valence-electron chi connectivity index (χ2n) is 8.26. The number of urea groups is 1. The van der Waals surface area contributed by atoms with Gasteiger partial charge in [0.2, 0.25) is 17.7 Å². The van der Waals surface area contributed by atoms with E-state index in [2.05, 4.69) is 20.8 Å². The van der Waals surface area contributed by atoms with Crippen LogP contribution in [0.1, 0.15) is 34.4 Å². The Morgan fingerprint density at radius 3 is 2.59 bits per heavy atom. The van der Waals surface area contributed by atoms with Crippen molar-refractivity contribution in [2.24, 2.45) is 0 Å². The van der Waals surface area contributed by atoms with Crippen LogP contribution in [0.4, 0.5) is 19.3 Å². The highest BCUT2D eigenvalue weighted by Crippen LogP contribution is 2.34. The van der Waals surface area contributed by atoms with E-state index in [1.54, 1.807) is 13.0 Å². The first-order valence-corrected chi connectivity index (χ1v) is 10.7. The highest BCUT2D eigenvalue weighted by molar-refractivity contribution is 5.95. The van der Waals surface area contributed by atoms with Crippen LogP contribution < -0.4 is 10.6 Å². The molecule has 3 amide bonds. The predicted octanol–water partition coefficient (Wildman–Crippen LogP) is 3.00. The molecule has 3 aromatic rings. The lowest BCUT2D eigenvalue weighted by Gasteiger charge is -2.20. The Bertz CT molecular complexity index is 1250. The van der Waals surface area contributed by atoms with E-state index in [1.807, 2.05) is 0 Å². The van der Waals surface area contributed by atoms with Gasteiger partial charge in [-0.05, 0) is 53.1 Å². The summed E-state index contributed by atoms with van der Waals surface area (Å²) in [6.07, 6.45) is 0. The third kappa shape index (κ3) is 4.34. The zero-order valence-electron chi connectivity index (χ0n) is 18.2. The summed E-state index contributed by atoms with van der Waals surface area (Å²) in [5.41, 5.74) is 2.28. The number of halogens is 2.